The van der Waals surface area contributed by atoms with Crippen molar-refractivity contribution in [2.45, 2.75) is 19.4 Å². The van der Waals surface area contributed by atoms with Crippen molar-refractivity contribution in [3.05, 3.63) is 70.8 Å². The molecular formula is C18H19N3O2. The molecule has 0 saturated heterocycles. The molecule has 0 heterocycles. The van der Waals surface area contributed by atoms with E-state index in [-0.39, 0.29) is 17.7 Å². The lowest BCUT2D eigenvalue weighted by molar-refractivity contribution is -0.124. The Labute approximate surface area is 134 Å². The van der Waals surface area contributed by atoms with Crippen molar-refractivity contribution in [1.82, 2.24) is 5.32 Å². The van der Waals surface area contributed by atoms with E-state index in [1.807, 2.05) is 24.3 Å². The van der Waals surface area contributed by atoms with Gasteiger partial charge < -0.3 is 16.3 Å². The summed E-state index contributed by atoms with van der Waals surface area (Å²) >= 11 is 0. The highest BCUT2D eigenvalue weighted by atomic mass is 16.4. The van der Waals surface area contributed by atoms with Crippen LogP contribution in [0.4, 0.5) is 0 Å². The summed E-state index contributed by atoms with van der Waals surface area (Å²) in [6.45, 7) is 0.474. The highest BCUT2D eigenvalue weighted by molar-refractivity contribution is 5.96. The Balaban J connectivity index is 1.56. The fourth-order valence-corrected chi connectivity index (χ4v) is 2.93. The van der Waals surface area contributed by atoms with Crippen molar-refractivity contribution in [1.29, 1.82) is 0 Å². The lowest BCUT2D eigenvalue weighted by atomic mass is 10.1. The first kappa shape index (κ1) is 15.1. The number of rotatable bonds is 4. The molecule has 0 spiro atoms. The Morgan fingerprint density at radius 1 is 1.13 bits per heavy atom. The number of carbonyl (C=O) groups excluding carboxylic acids is 1. The molecule has 0 fully saturated rings. The van der Waals surface area contributed by atoms with Crippen LogP contribution in [0, 0.1) is 5.92 Å². The number of nitrogens with zero attached hydrogens (tertiary/aromatic N) is 1. The summed E-state index contributed by atoms with van der Waals surface area (Å²) in [7, 11) is 0. The molecular weight excluding hydrogens is 290 g/mol. The number of amides is 1. The topological polar surface area (TPSA) is 87.7 Å². The first-order valence-electron chi connectivity index (χ1n) is 7.58. The number of carbonyl (C=O) groups is 1. The zero-order valence-corrected chi connectivity index (χ0v) is 12.7. The second kappa shape index (κ2) is 6.52. The van der Waals surface area contributed by atoms with Crippen LogP contribution in [0.1, 0.15) is 22.3 Å². The van der Waals surface area contributed by atoms with E-state index in [0.29, 0.717) is 12.1 Å². The minimum absolute atomic E-state index is 0.0174. The van der Waals surface area contributed by atoms with Crippen LogP contribution in [0.3, 0.4) is 0 Å². The summed E-state index contributed by atoms with van der Waals surface area (Å²) in [5.74, 6) is 0.176. The summed E-state index contributed by atoms with van der Waals surface area (Å²) < 4.78 is 0. The summed E-state index contributed by atoms with van der Waals surface area (Å²) in [5, 5.41) is 14.6. The summed E-state index contributed by atoms with van der Waals surface area (Å²) in [4.78, 5) is 12.3. The molecule has 1 aliphatic rings. The molecule has 0 saturated carbocycles. The molecule has 5 nitrogen and oxygen atoms in total. The van der Waals surface area contributed by atoms with Crippen LogP contribution in [0.2, 0.25) is 0 Å². The Morgan fingerprint density at radius 3 is 2.30 bits per heavy atom. The van der Waals surface area contributed by atoms with Crippen molar-refractivity contribution < 1.29 is 10.0 Å². The Bertz CT molecular complexity index is 713. The van der Waals surface area contributed by atoms with Gasteiger partial charge >= 0.3 is 0 Å². The van der Waals surface area contributed by atoms with Gasteiger partial charge in [0.15, 0.2) is 5.84 Å². The van der Waals surface area contributed by atoms with Gasteiger partial charge in [-0.3, -0.25) is 4.79 Å². The third-order valence-corrected chi connectivity index (χ3v) is 4.25. The molecule has 1 aliphatic carbocycles. The maximum absolute atomic E-state index is 12.3. The van der Waals surface area contributed by atoms with Crippen molar-refractivity contribution >= 4 is 11.7 Å². The average Bonchev–Trinajstić information content (AvgIpc) is 3.03. The van der Waals surface area contributed by atoms with Gasteiger partial charge in [0.25, 0.3) is 0 Å². The van der Waals surface area contributed by atoms with Crippen LogP contribution in [0.15, 0.2) is 53.7 Å². The second-order valence-corrected chi connectivity index (χ2v) is 5.77. The molecule has 0 atom stereocenters. The van der Waals surface area contributed by atoms with Crippen molar-refractivity contribution in [3.8, 4) is 0 Å². The molecule has 4 N–H and O–H groups in total. The van der Waals surface area contributed by atoms with Crippen LogP contribution in [0.5, 0.6) is 0 Å². The fraction of sp³-hybridized carbons (Fsp3) is 0.222. The molecule has 5 heteroatoms. The predicted octanol–water partition coefficient (Wildman–Crippen LogP) is 1.81. The molecule has 23 heavy (non-hydrogen) atoms. The zero-order chi connectivity index (χ0) is 16.2. The molecule has 0 unspecified atom stereocenters. The second-order valence-electron chi connectivity index (χ2n) is 5.77. The van der Waals surface area contributed by atoms with Crippen LogP contribution in [0.25, 0.3) is 0 Å². The molecule has 1 amide bonds. The van der Waals surface area contributed by atoms with E-state index >= 15 is 0 Å². The van der Waals surface area contributed by atoms with Gasteiger partial charge in [-0.1, -0.05) is 53.7 Å². The van der Waals surface area contributed by atoms with E-state index in [1.54, 1.807) is 12.1 Å². The quantitative estimate of drug-likeness (QED) is 0.348. The van der Waals surface area contributed by atoms with Crippen LogP contribution in [-0.4, -0.2) is 17.0 Å². The Kier molecular flexibility index (Phi) is 4.28. The van der Waals surface area contributed by atoms with E-state index in [2.05, 4.69) is 22.6 Å². The van der Waals surface area contributed by atoms with Gasteiger partial charge in [-0.2, -0.15) is 0 Å². The summed E-state index contributed by atoms with van der Waals surface area (Å²) in [6, 6.07) is 15.5. The smallest absolute Gasteiger partial charge is 0.224 e. The summed E-state index contributed by atoms with van der Waals surface area (Å²) in [6.07, 6.45) is 1.62. The SMILES string of the molecule is NC(=NO)c1ccc(CNC(=O)C2Cc3ccccc3C2)cc1. The monoisotopic (exact) mass is 309 g/mol. The normalized spacial score (nSPS) is 14.5. The molecule has 0 aliphatic heterocycles. The summed E-state index contributed by atoms with van der Waals surface area (Å²) in [5.41, 5.74) is 9.69. The first-order chi connectivity index (χ1) is 11.2. The van der Waals surface area contributed by atoms with Gasteiger partial charge in [0.2, 0.25) is 5.91 Å². The van der Waals surface area contributed by atoms with Crippen LogP contribution < -0.4 is 11.1 Å². The van der Waals surface area contributed by atoms with Crippen LogP contribution >= 0.6 is 0 Å². The van der Waals surface area contributed by atoms with E-state index in [9.17, 15) is 4.79 Å². The number of amidine groups is 1. The third kappa shape index (κ3) is 3.34. The molecule has 0 radical (unpaired) electrons. The van der Waals surface area contributed by atoms with Crippen molar-refractivity contribution in [2.24, 2.45) is 16.8 Å². The van der Waals surface area contributed by atoms with Crippen molar-refractivity contribution in [3.63, 3.8) is 0 Å². The number of nitrogens with one attached hydrogen (secondary N) is 1. The van der Waals surface area contributed by atoms with E-state index in [0.717, 1.165) is 18.4 Å². The molecule has 3 rings (SSSR count). The number of fused-ring (bicyclic) bond motifs is 1. The Hall–Kier alpha value is -2.82. The standard InChI is InChI=1S/C18H19N3O2/c19-17(21-23)13-7-5-12(6-8-13)11-20-18(22)16-9-14-3-1-2-4-15(14)10-16/h1-8,16,23H,9-11H2,(H2,19,21)(H,20,22). The number of nitrogens with two attached hydrogens (primary N) is 1. The molecule has 2 aromatic rings. The number of benzene rings is 2. The van der Waals surface area contributed by atoms with Crippen molar-refractivity contribution in [2.75, 3.05) is 0 Å². The maximum Gasteiger partial charge on any atom is 0.224 e. The third-order valence-electron chi connectivity index (χ3n) is 4.25. The largest absolute Gasteiger partial charge is 0.409 e. The minimum atomic E-state index is 0.0174. The van der Waals surface area contributed by atoms with E-state index in [4.69, 9.17) is 10.9 Å². The molecule has 2 aromatic carbocycles. The van der Waals surface area contributed by atoms with Gasteiger partial charge in [0, 0.05) is 18.0 Å². The highest BCUT2D eigenvalue weighted by Gasteiger charge is 2.26. The first-order valence-corrected chi connectivity index (χ1v) is 7.58. The minimum Gasteiger partial charge on any atom is -0.409 e. The molecule has 0 bridgehead atoms. The van der Waals surface area contributed by atoms with E-state index in [1.165, 1.54) is 11.1 Å². The zero-order valence-electron chi connectivity index (χ0n) is 12.7. The maximum atomic E-state index is 12.3. The molecule has 118 valence electrons. The van der Waals surface area contributed by atoms with E-state index < -0.39 is 0 Å². The van der Waals surface area contributed by atoms with Gasteiger partial charge in [-0.05, 0) is 29.5 Å². The van der Waals surface area contributed by atoms with Gasteiger partial charge in [-0.15, -0.1) is 0 Å². The highest BCUT2D eigenvalue weighted by Crippen LogP contribution is 2.26. The Morgan fingerprint density at radius 2 is 1.74 bits per heavy atom. The lowest BCUT2D eigenvalue weighted by Crippen LogP contribution is -2.30. The average molecular weight is 309 g/mol. The number of hydrogen-bond donors (Lipinski definition) is 3. The van der Waals surface area contributed by atoms with Gasteiger partial charge in [0.05, 0.1) is 0 Å². The molecule has 0 aromatic heterocycles. The number of oxime groups is 1. The van der Waals surface area contributed by atoms with Gasteiger partial charge in [-0.25, -0.2) is 0 Å². The predicted molar refractivity (Wildman–Crippen MR) is 88.1 cm³/mol. The lowest BCUT2D eigenvalue weighted by Gasteiger charge is -2.11. The van der Waals surface area contributed by atoms with Gasteiger partial charge in [0.1, 0.15) is 0 Å². The number of hydrogen-bond acceptors (Lipinski definition) is 3. The van der Waals surface area contributed by atoms with Crippen LogP contribution in [-0.2, 0) is 24.2 Å². The fourth-order valence-electron chi connectivity index (χ4n) is 2.93.